The second kappa shape index (κ2) is 12.8. The first-order chi connectivity index (χ1) is 17.6. The van der Waals surface area contributed by atoms with Crippen LogP contribution in [0.15, 0.2) is 42.5 Å². The first-order valence-corrected chi connectivity index (χ1v) is 14.3. The van der Waals surface area contributed by atoms with Crippen LogP contribution in [0, 0.1) is 6.92 Å². The molecule has 2 aromatic carbocycles. The summed E-state index contributed by atoms with van der Waals surface area (Å²) < 4.78 is 66.0. The molecule has 0 aromatic heterocycles. The molecule has 0 bridgehead atoms. The molecule has 38 heavy (non-hydrogen) atoms. The molecule has 2 amide bonds. The summed E-state index contributed by atoms with van der Waals surface area (Å²) in [5, 5.41) is 2.58. The van der Waals surface area contributed by atoms with Gasteiger partial charge in [0.2, 0.25) is 21.8 Å². The molecule has 2 atom stereocenters. The molecule has 0 aliphatic carbocycles. The summed E-state index contributed by atoms with van der Waals surface area (Å²) in [6.45, 7) is 6.43. The molecule has 0 aliphatic rings. The number of benzene rings is 2. The number of nitrogens with zero attached hydrogens (tertiary/aromatic N) is 2. The number of hydrogen-bond acceptors (Lipinski definition) is 4. The van der Waals surface area contributed by atoms with Gasteiger partial charge in [-0.25, -0.2) is 8.42 Å². The van der Waals surface area contributed by atoms with Crippen molar-refractivity contribution in [3.8, 4) is 0 Å². The number of amides is 2. The maximum atomic E-state index is 13.7. The topological polar surface area (TPSA) is 86.8 Å². The van der Waals surface area contributed by atoms with E-state index in [0.717, 1.165) is 24.0 Å². The molecule has 0 heterocycles. The zero-order chi connectivity index (χ0) is 28.8. The van der Waals surface area contributed by atoms with Crippen LogP contribution in [-0.2, 0) is 32.3 Å². The maximum Gasteiger partial charge on any atom is 0.416 e. The Hall–Kier alpha value is -2.79. The van der Waals surface area contributed by atoms with E-state index in [2.05, 4.69) is 5.32 Å². The Bertz CT molecular complexity index is 1250. The minimum Gasteiger partial charge on any atom is -0.352 e. The summed E-state index contributed by atoms with van der Waals surface area (Å²) in [6, 6.07) is 8.39. The van der Waals surface area contributed by atoms with E-state index in [9.17, 15) is 31.2 Å². The van der Waals surface area contributed by atoms with Crippen LogP contribution in [0.2, 0.25) is 5.02 Å². The van der Waals surface area contributed by atoms with Crippen molar-refractivity contribution in [1.29, 1.82) is 0 Å². The molecule has 0 radical (unpaired) electrons. The van der Waals surface area contributed by atoms with E-state index >= 15 is 0 Å². The van der Waals surface area contributed by atoms with Gasteiger partial charge in [0.15, 0.2) is 0 Å². The van der Waals surface area contributed by atoms with Crippen LogP contribution in [-0.4, -0.2) is 50.0 Å². The third-order valence-electron chi connectivity index (χ3n) is 6.04. The number of hydrogen-bond donors (Lipinski definition) is 1. The lowest BCUT2D eigenvalue weighted by atomic mass is 10.1. The summed E-state index contributed by atoms with van der Waals surface area (Å²) in [4.78, 5) is 28.1. The van der Waals surface area contributed by atoms with Crippen molar-refractivity contribution in [3.05, 3.63) is 64.2 Å². The Morgan fingerprint density at radius 2 is 1.74 bits per heavy atom. The minimum absolute atomic E-state index is 0.0130. The Kier molecular flexibility index (Phi) is 10.6. The van der Waals surface area contributed by atoms with Crippen molar-refractivity contribution < 1.29 is 31.2 Å². The molecule has 12 heteroatoms. The molecule has 0 unspecified atom stereocenters. The number of halogens is 4. The molecular weight excluding hydrogens is 543 g/mol. The van der Waals surface area contributed by atoms with Crippen LogP contribution >= 0.6 is 11.6 Å². The highest BCUT2D eigenvalue weighted by Crippen LogP contribution is 2.36. The van der Waals surface area contributed by atoms with Gasteiger partial charge >= 0.3 is 6.18 Å². The molecule has 0 aliphatic heterocycles. The predicted octanol–water partition coefficient (Wildman–Crippen LogP) is 5.16. The van der Waals surface area contributed by atoms with Gasteiger partial charge in [0.1, 0.15) is 12.6 Å². The summed E-state index contributed by atoms with van der Waals surface area (Å²) in [7, 11) is -4.25. The van der Waals surface area contributed by atoms with Gasteiger partial charge in [-0.2, -0.15) is 13.2 Å². The van der Waals surface area contributed by atoms with Gasteiger partial charge in [0, 0.05) is 12.6 Å². The van der Waals surface area contributed by atoms with Crippen molar-refractivity contribution in [3.63, 3.8) is 0 Å². The highest BCUT2D eigenvalue weighted by molar-refractivity contribution is 7.92. The standard InChI is InChI=1S/C26H33ClF3N3O4S/c1-6-18(4)31-25(35)22(7-2)32(15-19-10-8-9-17(3)13-19)24(34)16-33(38(5,36)37)23-14-20(26(28,29)30)11-12-21(23)27/h8-14,18,22H,6-7,15-16H2,1-5H3,(H,31,35)/t18-,22+/m0/s1. The molecule has 1 N–H and O–H groups in total. The van der Waals surface area contributed by atoms with Crippen LogP contribution in [0.3, 0.4) is 0 Å². The van der Waals surface area contributed by atoms with E-state index in [1.165, 1.54) is 4.90 Å². The van der Waals surface area contributed by atoms with Gasteiger partial charge in [-0.05, 0) is 50.5 Å². The first kappa shape index (κ1) is 31.4. The van der Waals surface area contributed by atoms with Crippen LogP contribution in [0.1, 0.15) is 50.3 Å². The molecule has 0 spiro atoms. The minimum atomic E-state index is -4.76. The third-order valence-corrected chi connectivity index (χ3v) is 7.49. The fourth-order valence-corrected chi connectivity index (χ4v) is 4.97. The lowest BCUT2D eigenvalue weighted by Crippen LogP contribution is -2.53. The zero-order valence-corrected chi connectivity index (χ0v) is 23.5. The highest BCUT2D eigenvalue weighted by atomic mass is 35.5. The average molecular weight is 576 g/mol. The molecule has 7 nitrogen and oxygen atoms in total. The predicted molar refractivity (Wildman–Crippen MR) is 142 cm³/mol. The lowest BCUT2D eigenvalue weighted by molar-refractivity contribution is -0.140. The van der Waals surface area contributed by atoms with Crippen molar-refractivity contribution in [1.82, 2.24) is 10.2 Å². The number of carbonyl (C=O) groups excluding carboxylic acids is 2. The van der Waals surface area contributed by atoms with Crippen molar-refractivity contribution in [2.24, 2.45) is 0 Å². The summed E-state index contributed by atoms with van der Waals surface area (Å²) in [5.41, 5.74) is 0.0237. The SMILES string of the molecule is CC[C@H](C(=O)N[C@@H](C)CC)N(Cc1cccc(C)c1)C(=O)CN(c1cc(C(F)(F)F)ccc1Cl)S(C)(=O)=O. The van der Waals surface area contributed by atoms with Gasteiger partial charge in [-0.3, -0.25) is 13.9 Å². The number of aryl methyl sites for hydroxylation is 1. The maximum absolute atomic E-state index is 13.7. The summed E-state index contributed by atoms with van der Waals surface area (Å²) in [6.07, 6.45) is -3.10. The van der Waals surface area contributed by atoms with E-state index < -0.39 is 51.9 Å². The van der Waals surface area contributed by atoms with Crippen molar-refractivity contribution in [2.75, 3.05) is 17.1 Å². The highest BCUT2D eigenvalue weighted by Gasteiger charge is 2.35. The smallest absolute Gasteiger partial charge is 0.352 e. The van der Waals surface area contributed by atoms with Crippen LogP contribution in [0.5, 0.6) is 0 Å². The second-order valence-corrected chi connectivity index (χ2v) is 11.5. The van der Waals surface area contributed by atoms with Gasteiger partial charge in [0.05, 0.1) is 22.5 Å². The van der Waals surface area contributed by atoms with Crippen LogP contribution < -0.4 is 9.62 Å². The van der Waals surface area contributed by atoms with Gasteiger partial charge in [-0.1, -0.05) is 55.3 Å². The van der Waals surface area contributed by atoms with Crippen molar-refractivity contribution >= 4 is 39.1 Å². The molecule has 210 valence electrons. The monoisotopic (exact) mass is 575 g/mol. The molecular formula is C26H33ClF3N3O4S. The number of carbonyl (C=O) groups is 2. The normalized spacial score (nSPS) is 13.5. The average Bonchev–Trinajstić information content (AvgIpc) is 2.81. The van der Waals surface area contributed by atoms with Gasteiger partial charge in [0.25, 0.3) is 0 Å². The quantitative estimate of drug-likeness (QED) is 0.401. The third kappa shape index (κ3) is 8.36. The van der Waals surface area contributed by atoms with Crippen molar-refractivity contribution in [2.45, 2.75) is 65.3 Å². The Balaban J connectivity index is 2.55. The number of rotatable bonds is 11. The van der Waals surface area contributed by atoms with Gasteiger partial charge < -0.3 is 10.2 Å². The number of alkyl halides is 3. The molecule has 2 rings (SSSR count). The molecule has 0 saturated heterocycles. The number of anilines is 1. The van der Waals surface area contributed by atoms with E-state index in [1.54, 1.807) is 19.1 Å². The number of nitrogens with one attached hydrogen (secondary N) is 1. The first-order valence-electron chi connectivity index (χ1n) is 12.1. The van der Waals surface area contributed by atoms with E-state index in [0.29, 0.717) is 22.4 Å². The summed E-state index contributed by atoms with van der Waals surface area (Å²) >= 11 is 6.11. The van der Waals surface area contributed by atoms with E-state index in [-0.39, 0.29) is 24.0 Å². The van der Waals surface area contributed by atoms with Crippen LogP contribution in [0.4, 0.5) is 18.9 Å². The lowest BCUT2D eigenvalue weighted by Gasteiger charge is -2.33. The molecule has 2 aromatic rings. The Morgan fingerprint density at radius 3 is 2.26 bits per heavy atom. The number of sulfonamides is 1. The molecule has 0 fully saturated rings. The zero-order valence-electron chi connectivity index (χ0n) is 22.0. The Labute approximate surface area is 227 Å². The summed E-state index contributed by atoms with van der Waals surface area (Å²) in [5.74, 6) is -1.18. The van der Waals surface area contributed by atoms with E-state index in [1.807, 2.05) is 32.9 Å². The fraction of sp³-hybridized carbons (Fsp3) is 0.462. The fourth-order valence-electron chi connectivity index (χ4n) is 3.84. The van der Waals surface area contributed by atoms with Crippen LogP contribution in [0.25, 0.3) is 0 Å². The second-order valence-electron chi connectivity index (χ2n) is 9.19. The molecule has 0 saturated carbocycles. The Morgan fingerprint density at radius 1 is 1.08 bits per heavy atom. The van der Waals surface area contributed by atoms with E-state index in [4.69, 9.17) is 11.6 Å². The largest absolute Gasteiger partial charge is 0.416 e. The van der Waals surface area contributed by atoms with Gasteiger partial charge in [-0.15, -0.1) is 0 Å².